The number of carbonyl (C=O) groups is 1. The smallest absolute Gasteiger partial charge is 0.319 e. The van der Waals surface area contributed by atoms with E-state index in [-0.39, 0.29) is 6.03 Å². The Morgan fingerprint density at radius 1 is 1.00 bits per heavy atom. The fourth-order valence-corrected chi connectivity index (χ4v) is 4.04. The van der Waals surface area contributed by atoms with Crippen molar-refractivity contribution >= 4 is 44.9 Å². The summed E-state index contributed by atoms with van der Waals surface area (Å²) in [5.74, 6) is 0. The molecule has 1 heterocycles. The van der Waals surface area contributed by atoms with Crippen molar-refractivity contribution in [2.24, 2.45) is 0 Å². The van der Waals surface area contributed by atoms with Gasteiger partial charge < -0.3 is 10.6 Å². The van der Waals surface area contributed by atoms with Gasteiger partial charge in [-0.1, -0.05) is 54.1 Å². The van der Waals surface area contributed by atoms with Crippen LogP contribution in [0.5, 0.6) is 0 Å². The zero-order valence-electron chi connectivity index (χ0n) is 14.3. The number of para-hydroxylation sites is 1. The SMILES string of the molecule is O=C(NCc1ccccc1)Nc1ccc(-c2nc3ccccc3s2)c(Cl)c1. The molecule has 3 aromatic carbocycles. The maximum Gasteiger partial charge on any atom is 0.319 e. The van der Waals surface area contributed by atoms with Crippen LogP contribution < -0.4 is 10.6 Å². The lowest BCUT2D eigenvalue weighted by Crippen LogP contribution is -2.28. The Balaban J connectivity index is 1.45. The Morgan fingerprint density at radius 3 is 2.56 bits per heavy atom. The predicted octanol–water partition coefficient (Wildman–Crippen LogP) is 5.94. The number of hydrogen-bond donors (Lipinski definition) is 2. The molecule has 6 heteroatoms. The number of aromatic nitrogens is 1. The van der Waals surface area contributed by atoms with Crippen LogP contribution in [-0.4, -0.2) is 11.0 Å². The first-order valence-electron chi connectivity index (χ1n) is 8.43. The molecule has 134 valence electrons. The molecule has 4 nitrogen and oxygen atoms in total. The summed E-state index contributed by atoms with van der Waals surface area (Å²) in [5.41, 5.74) is 3.48. The molecule has 0 saturated carbocycles. The molecule has 2 N–H and O–H groups in total. The lowest BCUT2D eigenvalue weighted by atomic mass is 10.2. The van der Waals surface area contributed by atoms with Crippen molar-refractivity contribution in [3.05, 3.63) is 83.4 Å². The maximum absolute atomic E-state index is 12.1. The van der Waals surface area contributed by atoms with Gasteiger partial charge in [0.1, 0.15) is 5.01 Å². The highest BCUT2D eigenvalue weighted by Crippen LogP contribution is 2.35. The molecule has 27 heavy (non-hydrogen) atoms. The van der Waals surface area contributed by atoms with Crippen molar-refractivity contribution in [3.8, 4) is 10.6 Å². The number of benzene rings is 3. The van der Waals surface area contributed by atoms with Crippen LogP contribution in [0.4, 0.5) is 10.5 Å². The number of amides is 2. The van der Waals surface area contributed by atoms with E-state index in [9.17, 15) is 4.79 Å². The van der Waals surface area contributed by atoms with Crippen molar-refractivity contribution < 1.29 is 4.79 Å². The number of thiazole rings is 1. The summed E-state index contributed by atoms with van der Waals surface area (Å²) in [5, 5.41) is 7.05. The van der Waals surface area contributed by atoms with Gasteiger partial charge in [0, 0.05) is 17.8 Å². The summed E-state index contributed by atoms with van der Waals surface area (Å²) in [6.07, 6.45) is 0. The van der Waals surface area contributed by atoms with Crippen LogP contribution in [0.25, 0.3) is 20.8 Å². The summed E-state index contributed by atoms with van der Waals surface area (Å²) < 4.78 is 1.12. The van der Waals surface area contributed by atoms with Crippen LogP contribution in [-0.2, 0) is 6.54 Å². The third-order valence-electron chi connectivity index (χ3n) is 4.05. The Bertz CT molecular complexity index is 1060. The molecule has 0 unspecified atom stereocenters. The first-order valence-corrected chi connectivity index (χ1v) is 9.63. The standard InChI is InChI=1S/C21H16ClN3OS/c22-17-12-15(24-21(26)23-13-14-6-2-1-3-7-14)10-11-16(17)20-25-18-8-4-5-9-19(18)27-20/h1-12H,13H2,(H2,23,24,26). The quantitative estimate of drug-likeness (QED) is 0.451. The molecule has 2 amide bonds. The first-order chi connectivity index (χ1) is 13.2. The number of fused-ring (bicyclic) bond motifs is 1. The van der Waals surface area contributed by atoms with E-state index in [1.54, 1.807) is 17.4 Å². The van der Waals surface area contributed by atoms with E-state index in [1.165, 1.54) is 0 Å². The number of rotatable bonds is 4. The van der Waals surface area contributed by atoms with Gasteiger partial charge in [0.15, 0.2) is 0 Å². The van der Waals surface area contributed by atoms with E-state index in [0.29, 0.717) is 17.3 Å². The molecule has 0 bridgehead atoms. The van der Waals surface area contributed by atoms with Gasteiger partial charge >= 0.3 is 6.03 Å². The van der Waals surface area contributed by atoms with E-state index < -0.39 is 0 Å². The second-order valence-corrected chi connectivity index (χ2v) is 7.41. The third kappa shape index (κ3) is 4.10. The average Bonchev–Trinajstić information content (AvgIpc) is 3.11. The number of hydrogen-bond acceptors (Lipinski definition) is 3. The van der Waals surface area contributed by atoms with E-state index in [4.69, 9.17) is 11.6 Å². The topological polar surface area (TPSA) is 54.0 Å². The lowest BCUT2D eigenvalue weighted by Gasteiger charge is -2.09. The third-order valence-corrected chi connectivity index (χ3v) is 5.43. The highest BCUT2D eigenvalue weighted by Gasteiger charge is 2.11. The minimum absolute atomic E-state index is 0.275. The molecule has 0 atom stereocenters. The summed E-state index contributed by atoms with van der Waals surface area (Å²) in [6, 6.07) is 22.9. The van der Waals surface area contributed by atoms with Crippen molar-refractivity contribution in [1.29, 1.82) is 0 Å². The minimum atomic E-state index is -0.275. The van der Waals surface area contributed by atoms with E-state index in [2.05, 4.69) is 15.6 Å². The first kappa shape index (κ1) is 17.5. The van der Waals surface area contributed by atoms with Crippen molar-refractivity contribution in [2.45, 2.75) is 6.54 Å². The number of nitrogens with zero attached hydrogens (tertiary/aromatic N) is 1. The monoisotopic (exact) mass is 393 g/mol. The molecule has 4 aromatic rings. The number of anilines is 1. The van der Waals surface area contributed by atoms with Crippen LogP contribution in [0.3, 0.4) is 0 Å². The van der Waals surface area contributed by atoms with Gasteiger partial charge in [-0.15, -0.1) is 11.3 Å². The number of carbonyl (C=O) groups excluding carboxylic acids is 1. The number of halogens is 1. The molecule has 0 fully saturated rings. The lowest BCUT2D eigenvalue weighted by molar-refractivity contribution is 0.251. The Kier molecular flexibility index (Phi) is 5.05. The predicted molar refractivity (Wildman–Crippen MR) is 112 cm³/mol. The van der Waals surface area contributed by atoms with Gasteiger partial charge in [0.05, 0.1) is 15.2 Å². The zero-order chi connectivity index (χ0) is 18.6. The van der Waals surface area contributed by atoms with Gasteiger partial charge in [0.2, 0.25) is 0 Å². The van der Waals surface area contributed by atoms with Crippen LogP contribution in [0.2, 0.25) is 5.02 Å². The van der Waals surface area contributed by atoms with E-state index >= 15 is 0 Å². The summed E-state index contributed by atoms with van der Waals surface area (Å²) in [4.78, 5) is 16.7. The molecular formula is C21H16ClN3OS. The van der Waals surface area contributed by atoms with Gasteiger partial charge in [-0.25, -0.2) is 9.78 Å². The van der Waals surface area contributed by atoms with Crippen LogP contribution in [0.15, 0.2) is 72.8 Å². The van der Waals surface area contributed by atoms with Crippen LogP contribution in [0.1, 0.15) is 5.56 Å². The van der Waals surface area contributed by atoms with Gasteiger partial charge in [-0.2, -0.15) is 0 Å². The van der Waals surface area contributed by atoms with Gasteiger partial charge in [0.25, 0.3) is 0 Å². The highest BCUT2D eigenvalue weighted by atomic mass is 35.5. The minimum Gasteiger partial charge on any atom is -0.334 e. The van der Waals surface area contributed by atoms with Gasteiger partial charge in [-0.3, -0.25) is 0 Å². The van der Waals surface area contributed by atoms with Crippen molar-refractivity contribution in [2.75, 3.05) is 5.32 Å². The Hall–Kier alpha value is -2.89. The highest BCUT2D eigenvalue weighted by molar-refractivity contribution is 7.21. The molecule has 1 aromatic heterocycles. The van der Waals surface area contributed by atoms with Crippen molar-refractivity contribution in [1.82, 2.24) is 10.3 Å². The summed E-state index contributed by atoms with van der Waals surface area (Å²) >= 11 is 8.04. The molecule has 0 radical (unpaired) electrons. The van der Waals surface area contributed by atoms with E-state index in [1.807, 2.05) is 66.7 Å². The molecule has 0 aliphatic rings. The molecular weight excluding hydrogens is 378 g/mol. The van der Waals surface area contributed by atoms with Crippen molar-refractivity contribution in [3.63, 3.8) is 0 Å². The Labute approximate surface area is 165 Å². The summed E-state index contributed by atoms with van der Waals surface area (Å²) in [6.45, 7) is 0.462. The van der Waals surface area contributed by atoms with E-state index in [0.717, 1.165) is 26.4 Å². The Morgan fingerprint density at radius 2 is 1.78 bits per heavy atom. The fraction of sp³-hybridized carbons (Fsp3) is 0.0476. The van der Waals surface area contributed by atoms with Gasteiger partial charge in [-0.05, 0) is 35.9 Å². The molecule has 0 saturated heterocycles. The molecule has 0 aliphatic heterocycles. The molecule has 0 spiro atoms. The fourth-order valence-electron chi connectivity index (χ4n) is 2.71. The van der Waals surface area contributed by atoms with Crippen LogP contribution in [0, 0.1) is 0 Å². The normalized spacial score (nSPS) is 10.7. The maximum atomic E-state index is 12.1. The zero-order valence-corrected chi connectivity index (χ0v) is 15.8. The molecule has 4 rings (SSSR count). The second-order valence-electron chi connectivity index (χ2n) is 5.97. The second kappa shape index (κ2) is 7.78. The largest absolute Gasteiger partial charge is 0.334 e. The average molecular weight is 394 g/mol. The number of urea groups is 1. The van der Waals surface area contributed by atoms with Crippen LogP contribution >= 0.6 is 22.9 Å². The number of nitrogens with one attached hydrogen (secondary N) is 2. The summed E-state index contributed by atoms with van der Waals surface area (Å²) in [7, 11) is 0. The molecule has 0 aliphatic carbocycles.